The highest BCUT2D eigenvalue weighted by atomic mass is 16.6. The maximum Gasteiger partial charge on any atom is 0.413 e. The molecule has 4 aliphatic carbocycles. The van der Waals surface area contributed by atoms with E-state index in [2.05, 4.69) is 75.2 Å². The third-order valence-electron chi connectivity index (χ3n) is 17.7. The van der Waals surface area contributed by atoms with Gasteiger partial charge in [0.05, 0.1) is 35.0 Å². The average molecular weight is 1040 g/mol. The Balaban J connectivity index is 0.765. The van der Waals surface area contributed by atoms with E-state index >= 15 is 0 Å². The lowest BCUT2D eigenvalue weighted by atomic mass is 9.78. The van der Waals surface area contributed by atoms with Crippen molar-refractivity contribution in [3.8, 4) is 45.0 Å². The van der Waals surface area contributed by atoms with E-state index < -0.39 is 24.3 Å². The van der Waals surface area contributed by atoms with Crippen molar-refractivity contribution in [2.45, 2.75) is 127 Å². The number of aromatic nitrogens is 4. The van der Waals surface area contributed by atoms with Crippen LogP contribution in [0.1, 0.15) is 149 Å². The average Bonchev–Trinajstić information content (AvgIpc) is 4.40. The molecule has 13 rings (SSSR count). The normalized spacial score (nSPS) is 22.3. The number of allylic oxidation sites excluding steroid dienone is 2. The smallest absolute Gasteiger partial charge is 0.410 e. The van der Waals surface area contributed by atoms with Crippen molar-refractivity contribution in [3.63, 3.8) is 0 Å². The van der Waals surface area contributed by atoms with Crippen LogP contribution < -0.4 is 20.1 Å². The minimum Gasteiger partial charge on any atom is -0.410 e. The van der Waals surface area contributed by atoms with E-state index in [1.807, 2.05) is 55.8 Å². The third kappa shape index (κ3) is 8.82. The summed E-state index contributed by atoms with van der Waals surface area (Å²) in [6, 6.07) is 31.7. The lowest BCUT2D eigenvalue weighted by Crippen LogP contribution is -2.51. The van der Waals surface area contributed by atoms with Gasteiger partial charge in [0, 0.05) is 30.5 Å². The highest BCUT2D eigenvalue weighted by Crippen LogP contribution is 2.61. The summed E-state index contributed by atoms with van der Waals surface area (Å²) in [6.45, 7) is 8.92. The van der Waals surface area contributed by atoms with Crippen LogP contribution in [0, 0.1) is 11.8 Å². The summed E-state index contributed by atoms with van der Waals surface area (Å²) in [4.78, 5) is 75.7. The minimum absolute atomic E-state index is 0.131. The molecule has 2 aliphatic heterocycles. The second kappa shape index (κ2) is 20.1. The molecule has 0 spiro atoms. The van der Waals surface area contributed by atoms with Crippen LogP contribution in [0.4, 0.5) is 9.59 Å². The highest BCUT2D eigenvalue weighted by Gasteiger charge is 2.44. The number of carbonyl (C=O) groups is 4. The Morgan fingerprint density at radius 2 is 1.10 bits per heavy atom. The molecule has 2 saturated heterocycles. The summed E-state index contributed by atoms with van der Waals surface area (Å²) >= 11 is 0. The number of nitrogens with one attached hydrogen (secondary N) is 4. The van der Waals surface area contributed by atoms with Gasteiger partial charge in [0.25, 0.3) is 0 Å². The van der Waals surface area contributed by atoms with Gasteiger partial charge < -0.3 is 39.9 Å². The molecule has 6 aliphatic rings. The number of para-hydroxylation sites is 2. The molecule has 78 heavy (non-hydrogen) atoms. The second-order valence-corrected chi connectivity index (χ2v) is 23.1. The summed E-state index contributed by atoms with van der Waals surface area (Å²) in [5.74, 6) is 3.44. The monoisotopic (exact) mass is 1040 g/mol. The lowest BCUT2D eigenvalue weighted by molar-refractivity contribution is -0.136. The molecule has 398 valence electrons. The van der Waals surface area contributed by atoms with Crippen molar-refractivity contribution in [2.24, 2.45) is 11.8 Å². The van der Waals surface area contributed by atoms with Crippen molar-refractivity contribution < 1.29 is 28.7 Å². The van der Waals surface area contributed by atoms with Gasteiger partial charge in [-0.1, -0.05) is 107 Å². The Hall–Kier alpha value is -8.00. The zero-order valence-corrected chi connectivity index (χ0v) is 44.6. The third-order valence-corrected chi connectivity index (χ3v) is 17.7. The molecule has 4 heterocycles. The number of hydrogen-bond donors (Lipinski definition) is 4. The predicted octanol–water partition coefficient (Wildman–Crippen LogP) is 12.7. The summed E-state index contributed by atoms with van der Waals surface area (Å²) in [7, 11) is 0. The fourth-order valence-electron chi connectivity index (χ4n) is 14.1. The molecule has 8 atom stereocenters. The molecule has 7 aromatic rings. The topological polar surface area (TPSA) is 175 Å². The molecule has 3 fully saturated rings. The first kappa shape index (κ1) is 49.6. The summed E-state index contributed by atoms with van der Waals surface area (Å²) < 4.78 is 11.0. The van der Waals surface area contributed by atoms with Gasteiger partial charge in [0.2, 0.25) is 11.8 Å². The van der Waals surface area contributed by atoms with E-state index in [4.69, 9.17) is 19.4 Å². The van der Waals surface area contributed by atoms with Gasteiger partial charge in [-0.2, -0.15) is 0 Å². The van der Waals surface area contributed by atoms with Crippen LogP contribution in [-0.2, 0) is 9.59 Å². The summed E-state index contributed by atoms with van der Waals surface area (Å²) in [5.41, 5.74) is 14.8. The number of nitrogens with zero attached hydrogens (tertiary/aromatic N) is 4. The number of carbonyl (C=O) groups excluding carboxylic acids is 4. The fraction of sp³-hybridized carbons (Fsp3) is 0.375. The van der Waals surface area contributed by atoms with Crippen molar-refractivity contribution in [2.75, 3.05) is 13.1 Å². The molecule has 4 unspecified atom stereocenters. The number of aromatic amines is 2. The molecular weight excluding hydrogens is 977 g/mol. The van der Waals surface area contributed by atoms with E-state index in [-0.39, 0.29) is 35.7 Å². The fourth-order valence-corrected chi connectivity index (χ4v) is 14.1. The number of hydrogen-bond acceptors (Lipinski definition) is 8. The first-order chi connectivity index (χ1) is 37.9. The van der Waals surface area contributed by atoms with E-state index in [0.29, 0.717) is 48.3 Å². The van der Waals surface area contributed by atoms with Gasteiger partial charge in [-0.05, 0) is 156 Å². The van der Waals surface area contributed by atoms with Crippen molar-refractivity contribution in [1.82, 2.24) is 40.4 Å². The van der Waals surface area contributed by atoms with Crippen LogP contribution in [0.2, 0.25) is 0 Å². The molecule has 5 aromatic carbocycles. The number of amides is 4. The second-order valence-electron chi connectivity index (χ2n) is 23.1. The van der Waals surface area contributed by atoms with Gasteiger partial charge in [0.1, 0.15) is 35.2 Å². The molecular formula is C64H66N8O6. The van der Waals surface area contributed by atoms with E-state index in [9.17, 15) is 19.2 Å². The van der Waals surface area contributed by atoms with Crippen molar-refractivity contribution >= 4 is 35.0 Å². The number of fused-ring (bicyclic) bond motifs is 11. The quantitative estimate of drug-likeness (QED) is 0.0826. The van der Waals surface area contributed by atoms with Gasteiger partial charge in [0.15, 0.2) is 0 Å². The first-order valence-electron chi connectivity index (χ1n) is 28.2. The largest absolute Gasteiger partial charge is 0.413 e. The Bertz CT molecular complexity index is 3510. The molecule has 4 bridgehead atoms. The van der Waals surface area contributed by atoms with Crippen LogP contribution >= 0.6 is 0 Å². The van der Waals surface area contributed by atoms with Crippen LogP contribution in [0.15, 0.2) is 121 Å². The molecule has 0 radical (unpaired) electrons. The summed E-state index contributed by atoms with van der Waals surface area (Å²) in [6.07, 6.45) is 13.3. The van der Waals surface area contributed by atoms with E-state index in [0.717, 1.165) is 72.5 Å². The number of ether oxygens (including phenoxy) is 2. The highest BCUT2D eigenvalue weighted by molar-refractivity contribution is 5.90. The molecule has 4 amide bonds. The lowest BCUT2D eigenvalue weighted by Gasteiger charge is -2.30. The van der Waals surface area contributed by atoms with Gasteiger partial charge >= 0.3 is 12.2 Å². The molecule has 4 N–H and O–H groups in total. The number of likely N-dealkylation sites (tertiary alicyclic amines) is 2. The Morgan fingerprint density at radius 3 is 1.69 bits per heavy atom. The number of rotatable bonds is 13. The Morgan fingerprint density at radius 1 is 0.577 bits per heavy atom. The number of benzene rings is 5. The summed E-state index contributed by atoms with van der Waals surface area (Å²) in [5, 5.41) is 5.72. The maximum atomic E-state index is 14.3. The zero-order chi connectivity index (χ0) is 53.3. The van der Waals surface area contributed by atoms with Gasteiger partial charge in [-0.25, -0.2) is 19.6 Å². The van der Waals surface area contributed by atoms with Crippen LogP contribution in [0.5, 0.6) is 11.5 Å². The van der Waals surface area contributed by atoms with E-state index in [1.54, 1.807) is 48.5 Å². The maximum absolute atomic E-state index is 14.3. The van der Waals surface area contributed by atoms with Crippen LogP contribution in [-0.4, -0.2) is 78.9 Å². The molecule has 1 saturated carbocycles. The van der Waals surface area contributed by atoms with Crippen LogP contribution in [0.25, 0.3) is 44.5 Å². The minimum atomic E-state index is -0.756. The van der Waals surface area contributed by atoms with Crippen molar-refractivity contribution in [1.29, 1.82) is 0 Å². The van der Waals surface area contributed by atoms with Crippen molar-refractivity contribution in [3.05, 3.63) is 155 Å². The Labute approximate surface area is 454 Å². The first-order valence-corrected chi connectivity index (χ1v) is 28.2. The van der Waals surface area contributed by atoms with Crippen LogP contribution in [0.3, 0.4) is 0 Å². The molecule has 14 nitrogen and oxygen atoms in total. The molecule has 2 aromatic heterocycles. The molecule has 14 heteroatoms. The van der Waals surface area contributed by atoms with Gasteiger partial charge in [-0.3, -0.25) is 9.59 Å². The number of imidazole rings is 2. The van der Waals surface area contributed by atoms with Gasteiger partial charge in [-0.15, -0.1) is 0 Å². The zero-order valence-electron chi connectivity index (χ0n) is 44.6. The van der Waals surface area contributed by atoms with E-state index in [1.165, 1.54) is 57.3 Å². The Kier molecular flexibility index (Phi) is 12.8. The predicted molar refractivity (Wildman–Crippen MR) is 299 cm³/mol. The SMILES string of the molecule is CC(C)[C@H](NC(=O)Oc1ccccc1)C(=O)N1CCC[C@H]1c1ncc(-c2ccc(-c3ccc(-c4ccc5nc([C@@H]6CCCN6C(=O)[C@@H](NC(=O)Oc6ccccc6)C(C)C)[nH]c5c4)c4c3C3C=CC4C3)c3c2C2CCC3C2)[nH]1. The number of H-pyrrole nitrogens is 2. The standard InChI is InChI=1S/C64H66N8O6/c1-35(2)57(69-63(75)77-42-13-7-5-8-14-42)61(73)71-29-11-17-51(71)59-65-34-50(68-59)47-27-26-46(55-40-21-22-41(32-40)56(47)55)45-25-24-44(53-38-19-20-39(31-38)54(45)53)37-23-28-48-49(33-37)67-60(66-48)52-18-12-30-72(52)62(74)58(36(3)4)70-64(76)78-43-15-9-6-10-16-43/h5-10,13-16,19-20,23-28,33-36,38-41,51-52,57-58H,11-12,17-18,21-22,29-32H2,1-4H3,(H,65,68)(H,66,67)(H,69,75)(H,70,76)/t38?,39?,40?,41?,51-,52-,57-,58-/m0/s1.